The average molecular weight is 327 g/mol. The van der Waals surface area contributed by atoms with Gasteiger partial charge in [0, 0.05) is 23.9 Å². The van der Waals surface area contributed by atoms with E-state index in [1.54, 1.807) is 6.20 Å². The molecular formula is C19H25N3O2. The Morgan fingerprint density at radius 2 is 2.00 bits per heavy atom. The number of ether oxygens (including phenoxy) is 1. The Hall–Kier alpha value is -2.43. The highest BCUT2D eigenvalue weighted by Crippen LogP contribution is 2.31. The summed E-state index contributed by atoms with van der Waals surface area (Å²) in [6.07, 6.45) is 6.60. The normalized spacial score (nSPS) is 10.5. The van der Waals surface area contributed by atoms with Crippen LogP contribution in [0.1, 0.15) is 43.7 Å². The zero-order valence-corrected chi connectivity index (χ0v) is 14.6. The molecule has 5 nitrogen and oxygen atoms in total. The van der Waals surface area contributed by atoms with Crippen molar-refractivity contribution in [1.29, 1.82) is 0 Å². The van der Waals surface area contributed by atoms with Crippen LogP contribution in [0.15, 0.2) is 24.4 Å². The molecule has 0 amide bonds. The Balaban J connectivity index is 2.16. The van der Waals surface area contributed by atoms with Gasteiger partial charge in [0.1, 0.15) is 11.6 Å². The number of benzene rings is 1. The third-order valence-electron chi connectivity index (χ3n) is 4.00. The Labute approximate surface area is 143 Å². The average Bonchev–Trinajstić information content (AvgIpc) is 2.59. The van der Waals surface area contributed by atoms with Crippen molar-refractivity contribution >= 4 is 12.3 Å². The van der Waals surface area contributed by atoms with E-state index in [4.69, 9.17) is 4.74 Å². The maximum atomic E-state index is 10.7. The fourth-order valence-corrected chi connectivity index (χ4v) is 2.65. The molecule has 0 spiro atoms. The van der Waals surface area contributed by atoms with Crippen LogP contribution in [0.4, 0.5) is 5.82 Å². The van der Waals surface area contributed by atoms with Gasteiger partial charge in [-0.15, -0.1) is 0 Å². The monoisotopic (exact) mass is 327 g/mol. The minimum Gasteiger partial charge on any atom is -0.428 e. The van der Waals surface area contributed by atoms with E-state index < -0.39 is 0 Å². The van der Waals surface area contributed by atoms with Crippen LogP contribution in [0.3, 0.4) is 0 Å². The second-order valence-electron chi connectivity index (χ2n) is 5.85. The second-order valence-corrected chi connectivity index (χ2v) is 5.85. The molecule has 128 valence electrons. The Morgan fingerprint density at radius 1 is 1.17 bits per heavy atom. The summed E-state index contributed by atoms with van der Waals surface area (Å²) in [5, 5.41) is 3.35. The summed E-state index contributed by atoms with van der Waals surface area (Å²) in [4.78, 5) is 19.7. The van der Waals surface area contributed by atoms with Crippen molar-refractivity contribution in [1.82, 2.24) is 9.97 Å². The van der Waals surface area contributed by atoms with Crippen molar-refractivity contribution in [2.75, 3.05) is 11.9 Å². The minimum atomic E-state index is 0.453. The second kappa shape index (κ2) is 9.01. The van der Waals surface area contributed by atoms with E-state index in [0.29, 0.717) is 18.0 Å². The summed E-state index contributed by atoms with van der Waals surface area (Å²) in [7, 11) is 0. The fourth-order valence-electron chi connectivity index (χ4n) is 2.65. The molecule has 0 fully saturated rings. The lowest BCUT2D eigenvalue weighted by atomic mass is 10.0. The Morgan fingerprint density at radius 3 is 2.75 bits per heavy atom. The van der Waals surface area contributed by atoms with Crippen molar-refractivity contribution in [2.24, 2.45) is 0 Å². The molecule has 0 bridgehead atoms. The largest absolute Gasteiger partial charge is 0.428 e. The zero-order chi connectivity index (χ0) is 17.4. The molecule has 0 radical (unpaired) electrons. The summed E-state index contributed by atoms with van der Waals surface area (Å²) >= 11 is 0. The number of anilines is 1. The molecule has 2 aromatic rings. The van der Waals surface area contributed by atoms with Crippen LogP contribution < -0.4 is 10.1 Å². The van der Waals surface area contributed by atoms with Gasteiger partial charge in [-0.3, -0.25) is 4.79 Å². The molecule has 0 saturated carbocycles. The molecule has 1 heterocycles. The predicted molar refractivity (Wildman–Crippen MR) is 96.3 cm³/mol. The maximum absolute atomic E-state index is 10.7. The number of carbonyl (C=O) groups excluding carboxylic acids is 1. The number of hydrogen-bond donors (Lipinski definition) is 1. The molecule has 0 aliphatic heterocycles. The van der Waals surface area contributed by atoms with Gasteiger partial charge in [-0.2, -0.15) is 0 Å². The lowest BCUT2D eigenvalue weighted by Gasteiger charge is -2.12. The molecule has 0 atom stereocenters. The molecule has 5 heteroatoms. The van der Waals surface area contributed by atoms with Gasteiger partial charge < -0.3 is 10.1 Å². The molecule has 1 aromatic heterocycles. The summed E-state index contributed by atoms with van der Waals surface area (Å²) < 4.78 is 5.11. The van der Waals surface area contributed by atoms with Crippen LogP contribution in [-0.4, -0.2) is 23.0 Å². The van der Waals surface area contributed by atoms with Crippen molar-refractivity contribution in [3.05, 3.63) is 35.5 Å². The number of aromatic nitrogens is 2. The van der Waals surface area contributed by atoms with Crippen LogP contribution in [0.2, 0.25) is 0 Å². The Bertz CT molecular complexity index is 686. The number of nitrogens with zero attached hydrogens (tertiary/aromatic N) is 2. The molecule has 0 aliphatic carbocycles. The number of hydrogen-bond acceptors (Lipinski definition) is 5. The van der Waals surface area contributed by atoms with E-state index in [0.717, 1.165) is 35.5 Å². The molecule has 0 aliphatic rings. The number of unbranched alkanes of at least 4 members (excludes halogenated alkanes) is 3. The van der Waals surface area contributed by atoms with E-state index in [1.807, 2.05) is 32.0 Å². The van der Waals surface area contributed by atoms with Crippen molar-refractivity contribution in [3.63, 3.8) is 0 Å². The van der Waals surface area contributed by atoms with Gasteiger partial charge in [-0.25, -0.2) is 9.97 Å². The smallest absolute Gasteiger partial charge is 0.298 e. The highest BCUT2D eigenvalue weighted by molar-refractivity contribution is 5.67. The number of rotatable bonds is 9. The number of aryl methyl sites for hydroxylation is 1. The fraction of sp³-hybridized carbons (Fsp3) is 0.421. The standard InChI is InChI=1S/C19H25N3O2/c1-4-5-6-7-11-20-17-10-12-21-19(22-17)16-9-8-14(2)18(15(16)3)24-13-23/h8-10,12-13H,4-7,11H2,1-3H3,(H,20,21,22). The highest BCUT2D eigenvalue weighted by Gasteiger charge is 2.12. The van der Waals surface area contributed by atoms with Gasteiger partial charge in [-0.05, 0) is 31.9 Å². The van der Waals surface area contributed by atoms with Crippen LogP contribution >= 0.6 is 0 Å². The Kier molecular flexibility index (Phi) is 6.73. The summed E-state index contributed by atoms with van der Waals surface area (Å²) in [6, 6.07) is 5.74. The SMILES string of the molecule is CCCCCCNc1ccnc(-c2ccc(C)c(OC=O)c2C)n1. The molecule has 0 saturated heterocycles. The van der Waals surface area contributed by atoms with Gasteiger partial charge in [0.25, 0.3) is 6.47 Å². The van der Waals surface area contributed by atoms with E-state index in [1.165, 1.54) is 19.3 Å². The van der Waals surface area contributed by atoms with E-state index in [-0.39, 0.29) is 0 Å². The first-order valence-electron chi connectivity index (χ1n) is 8.45. The third-order valence-corrected chi connectivity index (χ3v) is 4.00. The van der Waals surface area contributed by atoms with Gasteiger partial charge in [0.05, 0.1) is 0 Å². The van der Waals surface area contributed by atoms with Gasteiger partial charge >= 0.3 is 0 Å². The third kappa shape index (κ3) is 4.54. The first-order valence-corrected chi connectivity index (χ1v) is 8.45. The molecular weight excluding hydrogens is 302 g/mol. The van der Waals surface area contributed by atoms with Gasteiger partial charge in [0.2, 0.25) is 0 Å². The predicted octanol–water partition coefficient (Wildman–Crippen LogP) is 4.29. The van der Waals surface area contributed by atoms with Crippen molar-refractivity contribution < 1.29 is 9.53 Å². The minimum absolute atomic E-state index is 0.453. The van der Waals surface area contributed by atoms with E-state index in [2.05, 4.69) is 22.2 Å². The lowest BCUT2D eigenvalue weighted by Crippen LogP contribution is -2.05. The maximum Gasteiger partial charge on any atom is 0.298 e. The zero-order valence-electron chi connectivity index (χ0n) is 14.6. The van der Waals surface area contributed by atoms with Crippen LogP contribution in [-0.2, 0) is 4.79 Å². The van der Waals surface area contributed by atoms with Gasteiger partial charge in [0.15, 0.2) is 5.82 Å². The van der Waals surface area contributed by atoms with E-state index >= 15 is 0 Å². The summed E-state index contributed by atoms with van der Waals surface area (Å²) in [5.41, 5.74) is 2.64. The number of nitrogens with one attached hydrogen (secondary N) is 1. The summed E-state index contributed by atoms with van der Waals surface area (Å²) in [5.74, 6) is 2.01. The molecule has 1 aromatic carbocycles. The van der Waals surface area contributed by atoms with Crippen LogP contribution in [0.5, 0.6) is 5.75 Å². The highest BCUT2D eigenvalue weighted by atomic mass is 16.5. The molecule has 2 rings (SSSR count). The lowest BCUT2D eigenvalue weighted by molar-refractivity contribution is -0.120. The molecule has 1 N–H and O–H groups in total. The first kappa shape index (κ1) is 17.9. The van der Waals surface area contributed by atoms with Crippen molar-refractivity contribution in [2.45, 2.75) is 46.5 Å². The van der Waals surface area contributed by atoms with Crippen LogP contribution in [0, 0.1) is 13.8 Å². The molecule has 24 heavy (non-hydrogen) atoms. The van der Waals surface area contributed by atoms with Gasteiger partial charge in [-0.1, -0.05) is 38.3 Å². The quantitative estimate of drug-likeness (QED) is 0.550. The number of carbonyl (C=O) groups is 1. The summed E-state index contributed by atoms with van der Waals surface area (Å²) in [6.45, 7) is 7.38. The van der Waals surface area contributed by atoms with Crippen molar-refractivity contribution in [3.8, 4) is 17.1 Å². The van der Waals surface area contributed by atoms with Crippen LogP contribution in [0.25, 0.3) is 11.4 Å². The topological polar surface area (TPSA) is 64.1 Å². The molecule has 0 unspecified atom stereocenters. The first-order chi connectivity index (χ1) is 11.7. The van der Waals surface area contributed by atoms with E-state index in [9.17, 15) is 4.79 Å².